The Hall–Kier alpha value is -1.82. The lowest BCUT2D eigenvalue weighted by atomic mass is 10.0. The van der Waals surface area contributed by atoms with E-state index in [-0.39, 0.29) is 0 Å². The van der Waals surface area contributed by atoms with E-state index >= 15 is 0 Å². The van der Waals surface area contributed by atoms with Gasteiger partial charge in [-0.3, -0.25) is 0 Å². The maximum Gasteiger partial charge on any atom is 0.171 e. The fourth-order valence-corrected chi connectivity index (χ4v) is 3.80. The SMILES string of the molecule is CCOc1ccc(NC(=S)NC2CC[NH+](Cc3ccc(Cl)cc3)CC2)cc1. The van der Waals surface area contributed by atoms with Gasteiger partial charge in [-0.2, -0.15) is 0 Å². The predicted molar refractivity (Wildman–Crippen MR) is 116 cm³/mol. The molecule has 3 N–H and O–H groups in total. The van der Waals surface area contributed by atoms with Gasteiger partial charge in [0.25, 0.3) is 0 Å². The summed E-state index contributed by atoms with van der Waals surface area (Å²) >= 11 is 11.4. The highest BCUT2D eigenvalue weighted by Crippen LogP contribution is 2.15. The van der Waals surface area contributed by atoms with Gasteiger partial charge < -0.3 is 20.3 Å². The Labute approximate surface area is 171 Å². The summed E-state index contributed by atoms with van der Waals surface area (Å²) in [4.78, 5) is 1.61. The molecule has 1 aliphatic rings. The van der Waals surface area contributed by atoms with E-state index in [1.807, 2.05) is 43.3 Å². The zero-order valence-corrected chi connectivity index (χ0v) is 17.2. The van der Waals surface area contributed by atoms with Gasteiger partial charge in [0.1, 0.15) is 12.3 Å². The molecule has 1 heterocycles. The van der Waals surface area contributed by atoms with Crippen LogP contribution in [0, 0.1) is 0 Å². The van der Waals surface area contributed by atoms with Crippen LogP contribution in [0.15, 0.2) is 48.5 Å². The monoisotopic (exact) mass is 404 g/mol. The van der Waals surface area contributed by atoms with Crippen LogP contribution in [0.1, 0.15) is 25.3 Å². The Bertz CT molecular complexity index is 728. The van der Waals surface area contributed by atoms with Gasteiger partial charge in [0.2, 0.25) is 0 Å². The first-order valence-electron chi connectivity index (χ1n) is 9.51. The van der Waals surface area contributed by atoms with Gasteiger partial charge >= 0.3 is 0 Å². The number of hydrogen-bond acceptors (Lipinski definition) is 2. The van der Waals surface area contributed by atoms with Crippen molar-refractivity contribution in [2.24, 2.45) is 0 Å². The number of nitrogens with one attached hydrogen (secondary N) is 3. The Morgan fingerprint density at radius 2 is 1.78 bits per heavy atom. The molecule has 0 aliphatic carbocycles. The molecule has 0 aromatic heterocycles. The molecule has 144 valence electrons. The maximum atomic E-state index is 5.96. The average molecular weight is 405 g/mol. The lowest BCUT2D eigenvalue weighted by Crippen LogP contribution is -3.12. The fourth-order valence-electron chi connectivity index (χ4n) is 3.39. The summed E-state index contributed by atoms with van der Waals surface area (Å²) in [5, 5.41) is 8.20. The molecule has 0 amide bonds. The standard InChI is InChI=1S/C21H26ClN3OS/c1-2-26-20-9-7-18(8-10-20)23-21(27)24-19-11-13-25(14-12-19)15-16-3-5-17(22)6-4-16/h3-10,19H,2,11-15H2,1H3,(H2,23,24,27)/p+1. The molecule has 0 spiro atoms. The Kier molecular flexibility index (Phi) is 7.33. The van der Waals surface area contributed by atoms with Crippen molar-refractivity contribution in [3.05, 3.63) is 59.1 Å². The van der Waals surface area contributed by atoms with Gasteiger partial charge in [-0.25, -0.2) is 0 Å². The first kappa shape index (κ1) is 19.9. The van der Waals surface area contributed by atoms with Crippen molar-refractivity contribution >= 4 is 34.6 Å². The number of ether oxygens (including phenoxy) is 1. The second kappa shape index (κ2) is 9.93. The number of halogens is 1. The molecule has 2 aromatic carbocycles. The molecule has 0 atom stereocenters. The van der Waals surface area contributed by atoms with Crippen LogP contribution in [0.4, 0.5) is 5.69 Å². The topological polar surface area (TPSA) is 37.7 Å². The largest absolute Gasteiger partial charge is 0.494 e. The second-order valence-corrected chi connectivity index (χ2v) is 7.73. The van der Waals surface area contributed by atoms with E-state index in [1.165, 1.54) is 5.56 Å². The molecule has 1 saturated heterocycles. The van der Waals surface area contributed by atoms with Crippen LogP contribution in [-0.4, -0.2) is 30.9 Å². The van der Waals surface area contributed by atoms with Crippen LogP contribution >= 0.6 is 23.8 Å². The number of thiocarbonyl (C=S) groups is 1. The van der Waals surface area contributed by atoms with E-state index in [0.29, 0.717) is 17.8 Å². The van der Waals surface area contributed by atoms with E-state index in [9.17, 15) is 0 Å². The summed E-state index contributed by atoms with van der Waals surface area (Å²) in [5.41, 5.74) is 2.32. The second-order valence-electron chi connectivity index (χ2n) is 6.88. The van der Waals surface area contributed by atoms with Crippen molar-refractivity contribution in [1.29, 1.82) is 0 Å². The highest BCUT2D eigenvalue weighted by Gasteiger charge is 2.22. The summed E-state index contributed by atoms with van der Waals surface area (Å²) in [6.07, 6.45) is 2.24. The van der Waals surface area contributed by atoms with Crippen LogP contribution in [-0.2, 0) is 6.54 Å². The van der Waals surface area contributed by atoms with E-state index in [2.05, 4.69) is 22.8 Å². The third kappa shape index (κ3) is 6.38. The van der Waals surface area contributed by atoms with Crippen LogP contribution < -0.4 is 20.3 Å². The van der Waals surface area contributed by atoms with E-state index in [4.69, 9.17) is 28.6 Å². The maximum absolute atomic E-state index is 5.96. The Morgan fingerprint density at radius 3 is 2.41 bits per heavy atom. The first-order chi connectivity index (χ1) is 13.1. The summed E-state index contributed by atoms with van der Waals surface area (Å²) in [5.74, 6) is 0.873. The van der Waals surface area contributed by atoms with E-state index in [1.54, 1.807) is 4.90 Å². The minimum Gasteiger partial charge on any atom is -0.494 e. The molecule has 3 rings (SSSR count). The van der Waals surface area contributed by atoms with Crippen molar-refractivity contribution in [2.45, 2.75) is 32.4 Å². The molecule has 1 aliphatic heterocycles. The molecule has 0 unspecified atom stereocenters. The molecule has 0 radical (unpaired) electrons. The highest BCUT2D eigenvalue weighted by molar-refractivity contribution is 7.80. The highest BCUT2D eigenvalue weighted by atomic mass is 35.5. The first-order valence-corrected chi connectivity index (χ1v) is 10.3. The van der Waals surface area contributed by atoms with Crippen LogP contribution in [0.5, 0.6) is 5.75 Å². The van der Waals surface area contributed by atoms with Crippen molar-refractivity contribution in [1.82, 2.24) is 5.32 Å². The summed E-state index contributed by atoms with van der Waals surface area (Å²) < 4.78 is 5.46. The molecule has 27 heavy (non-hydrogen) atoms. The number of rotatable bonds is 6. The Morgan fingerprint density at radius 1 is 1.11 bits per heavy atom. The Balaban J connectivity index is 1.40. The zero-order valence-electron chi connectivity index (χ0n) is 15.6. The van der Waals surface area contributed by atoms with Crippen molar-refractivity contribution in [3.63, 3.8) is 0 Å². The van der Waals surface area contributed by atoms with E-state index < -0.39 is 0 Å². The smallest absolute Gasteiger partial charge is 0.171 e. The van der Waals surface area contributed by atoms with Gasteiger partial charge in [-0.05, 0) is 55.5 Å². The number of hydrogen-bond donors (Lipinski definition) is 3. The average Bonchev–Trinajstić information content (AvgIpc) is 2.67. The summed E-state index contributed by atoms with van der Waals surface area (Å²) in [7, 11) is 0. The third-order valence-electron chi connectivity index (χ3n) is 4.82. The van der Waals surface area contributed by atoms with Crippen LogP contribution in [0.3, 0.4) is 0 Å². The minimum absolute atomic E-state index is 0.432. The predicted octanol–water partition coefficient (Wildman–Crippen LogP) is 3.27. The van der Waals surface area contributed by atoms with Crippen LogP contribution in [0.25, 0.3) is 0 Å². The molecule has 4 nitrogen and oxygen atoms in total. The van der Waals surface area contributed by atoms with Crippen molar-refractivity contribution < 1.29 is 9.64 Å². The number of benzene rings is 2. The lowest BCUT2D eigenvalue weighted by Gasteiger charge is -2.30. The lowest BCUT2D eigenvalue weighted by molar-refractivity contribution is -0.918. The molecule has 0 bridgehead atoms. The number of anilines is 1. The van der Waals surface area contributed by atoms with E-state index in [0.717, 1.165) is 48.9 Å². The number of piperidine rings is 1. The molecular weight excluding hydrogens is 378 g/mol. The molecule has 6 heteroatoms. The molecule has 1 fully saturated rings. The minimum atomic E-state index is 0.432. The van der Waals surface area contributed by atoms with Crippen molar-refractivity contribution in [3.8, 4) is 5.75 Å². The van der Waals surface area contributed by atoms with Crippen molar-refractivity contribution in [2.75, 3.05) is 25.0 Å². The third-order valence-corrected chi connectivity index (χ3v) is 5.29. The van der Waals surface area contributed by atoms with Crippen LogP contribution in [0.2, 0.25) is 5.02 Å². The number of quaternary nitrogens is 1. The normalized spacial score (nSPS) is 19.3. The van der Waals surface area contributed by atoms with Gasteiger partial charge in [-0.1, -0.05) is 23.7 Å². The molecule has 0 saturated carbocycles. The van der Waals surface area contributed by atoms with Gasteiger partial charge in [0.15, 0.2) is 5.11 Å². The molecule has 2 aromatic rings. The van der Waals surface area contributed by atoms with Gasteiger partial charge in [0, 0.05) is 35.2 Å². The number of likely N-dealkylation sites (tertiary alicyclic amines) is 1. The quantitative estimate of drug-likeness (QED) is 0.646. The van der Waals surface area contributed by atoms with Gasteiger partial charge in [-0.15, -0.1) is 0 Å². The van der Waals surface area contributed by atoms with Gasteiger partial charge in [0.05, 0.1) is 19.7 Å². The summed E-state index contributed by atoms with van der Waals surface area (Å²) in [6.45, 7) is 6.00. The fraction of sp³-hybridized carbons (Fsp3) is 0.381. The summed E-state index contributed by atoms with van der Waals surface area (Å²) in [6, 6.07) is 16.5. The molecular formula is C21H27ClN3OS+. The zero-order chi connectivity index (χ0) is 19.1.